The number of aromatic nitrogens is 2. The minimum Gasteiger partial charge on any atom is -0.379 e. The summed E-state index contributed by atoms with van der Waals surface area (Å²) in [5, 5.41) is 7.05. The highest BCUT2D eigenvalue weighted by molar-refractivity contribution is 5.97. The van der Waals surface area contributed by atoms with E-state index in [4.69, 9.17) is 4.74 Å². The largest absolute Gasteiger partial charge is 0.379 e. The van der Waals surface area contributed by atoms with Crippen molar-refractivity contribution in [1.82, 2.24) is 20.2 Å². The van der Waals surface area contributed by atoms with Crippen LogP contribution in [0.2, 0.25) is 0 Å². The number of ether oxygens (including phenoxy) is 1. The van der Waals surface area contributed by atoms with Crippen LogP contribution in [0, 0.1) is 12.7 Å². The van der Waals surface area contributed by atoms with E-state index >= 15 is 0 Å². The topological polar surface area (TPSA) is 79.4 Å². The van der Waals surface area contributed by atoms with E-state index < -0.39 is 5.82 Å². The lowest BCUT2D eigenvalue weighted by Crippen LogP contribution is -2.39. The predicted octanol–water partition coefficient (Wildman–Crippen LogP) is 3.38. The van der Waals surface area contributed by atoms with E-state index in [-0.39, 0.29) is 17.5 Å². The Hall–Kier alpha value is -3.10. The van der Waals surface area contributed by atoms with Gasteiger partial charge in [0.25, 0.3) is 5.91 Å². The normalized spacial score (nSPS) is 16.7. The fraction of sp³-hybridized carbons (Fsp3) is 0.400. The van der Waals surface area contributed by atoms with Crippen molar-refractivity contribution >= 4 is 22.8 Å². The molecule has 2 fully saturated rings. The molecule has 5 rings (SSSR count). The monoisotopic (exact) mass is 449 g/mol. The van der Waals surface area contributed by atoms with Crippen molar-refractivity contribution in [2.45, 2.75) is 25.8 Å². The number of nitrogens with one attached hydrogen (secondary N) is 2. The number of nitrogens with zero attached hydrogens (tertiary/aromatic N) is 3. The summed E-state index contributed by atoms with van der Waals surface area (Å²) in [4.78, 5) is 23.9. The minimum absolute atomic E-state index is 0.0821. The fourth-order valence-corrected chi connectivity index (χ4v) is 4.09. The van der Waals surface area contributed by atoms with Gasteiger partial charge in [-0.25, -0.2) is 14.4 Å². The first-order chi connectivity index (χ1) is 16.1. The predicted molar refractivity (Wildman–Crippen MR) is 126 cm³/mol. The third-order valence-corrected chi connectivity index (χ3v) is 6.18. The second-order valence-corrected chi connectivity index (χ2v) is 8.74. The third-order valence-electron chi connectivity index (χ3n) is 6.18. The number of fused-ring (bicyclic) bond motifs is 1. The van der Waals surface area contributed by atoms with Gasteiger partial charge in [-0.1, -0.05) is 6.07 Å². The van der Waals surface area contributed by atoms with E-state index in [0.717, 1.165) is 79.8 Å². The lowest BCUT2D eigenvalue weighted by atomic mass is 9.96. The molecular weight excluding hydrogens is 421 g/mol. The molecular formula is C25H28FN5O2. The molecule has 33 heavy (non-hydrogen) atoms. The molecule has 2 aromatic carbocycles. The van der Waals surface area contributed by atoms with Gasteiger partial charge in [-0.05, 0) is 60.7 Å². The zero-order chi connectivity index (χ0) is 22.8. The van der Waals surface area contributed by atoms with E-state index in [2.05, 4.69) is 25.5 Å². The van der Waals surface area contributed by atoms with E-state index in [1.807, 2.05) is 25.1 Å². The molecule has 0 bridgehead atoms. The summed E-state index contributed by atoms with van der Waals surface area (Å²) < 4.78 is 19.9. The fourth-order valence-electron chi connectivity index (χ4n) is 4.09. The maximum Gasteiger partial charge on any atom is 0.254 e. The lowest BCUT2D eigenvalue weighted by molar-refractivity contribution is 0.0398. The standard InChI is InChI=1S/C25H28FN5O2/c1-16-12-22(26)21(24(32)29-19-3-4-19)14-20(16)17-2-5-23-18(13-17)15-28-25(30-23)27-6-7-31-8-10-33-11-9-31/h2,5,12-15,19H,3-4,6-11H2,1H3,(H,29,32)(H,27,28,30). The summed E-state index contributed by atoms with van der Waals surface area (Å²) >= 11 is 0. The summed E-state index contributed by atoms with van der Waals surface area (Å²) in [6.07, 6.45) is 3.71. The molecule has 0 spiro atoms. The molecule has 0 radical (unpaired) electrons. The van der Waals surface area contributed by atoms with Crippen LogP contribution in [0.5, 0.6) is 0 Å². The van der Waals surface area contributed by atoms with Gasteiger partial charge in [-0.3, -0.25) is 9.69 Å². The van der Waals surface area contributed by atoms with Crippen LogP contribution in [0.25, 0.3) is 22.0 Å². The van der Waals surface area contributed by atoms with Crippen LogP contribution in [0.1, 0.15) is 28.8 Å². The van der Waals surface area contributed by atoms with Crippen molar-refractivity contribution in [3.63, 3.8) is 0 Å². The van der Waals surface area contributed by atoms with Crippen LogP contribution in [-0.4, -0.2) is 66.2 Å². The Bertz CT molecular complexity index is 1170. The van der Waals surface area contributed by atoms with Crippen LogP contribution >= 0.6 is 0 Å². The van der Waals surface area contributed by atoms with Crippen LogP contribution in [-0.2, 0) is 4.74 Å². The molecule has 1 saturated heterocycles. The number of benzene rings is 2. The van der Waals surface area contributed by atoms with E-state index in [0.29, 0.717) is 5.95 Å². The van der Waals surface area contributed by atoms with Crippen LogP contribution in [0.15, 0.2) is 36.5 Å². The molecule has 0 atom stereocenters. The first kappa shape index (κ1) is 21.7. The summed E-state index contributed by atoms with van der Waals surface area (Å²) in [6.45, 7) is 7.02. The van der Waals surface area contributed by atoms with Gasteiger partial charge in [0.1, 0.15) is 5.82 Å². The summed E-state index contributed by atoms with van der Waals surface area (Å²) in [7, 11) is 0. The van der Waals surface area contributed by atoms with Crippen molar-refractivity contribution in [3.8, 4) is 11.1 Å². The van der Waals surface area contributed by atoms with Crippen molar-refractivity contribution in [2.24, 2.45) is 0 Å². The average Bonchev–Trinajstić information content (AvgIpc) is 3.63. The van der Waals surface area contributed by atoms with Crippen LogP contribution in [0.3, 0.4) is 0 Å². The highest BCUT2D eigenvalue weighted by Crippen LogP contribution is 2.29. The van der Waals surface area contributed by atoms with Gasteiger partial charge in [0.15, 0.2) is 0 Å². The third kappa shape index (κ3) is 5.12. The number of carbonyl (C=O) groups is 1. The molecule has 2 heterocycles. The molecule has 0 unspecified atom stereocenters. The van der Waals surface area contributed by atoms with E-state index in [1.165, 1.54) is 6.07 Å². The second-order valence-electron chi connectivity index (χ2n) is 8.74. The Kier molecular flexibility index (Phi) is 6.20. The lowest BCUT2D eigenvalue weighted by Gasteiger charge is -2.26. The molecule has 7 nitrogen and oxygen atoms in total. The Morgan fingerprint density at radius 1 is 1.21 bits per heavy atom. The SMILES string of the molecule is Cc1cc(F)c(C(=O)NC2CC2)cc1-c1ccc2nc(NCCN3CCOCC3)ncc2c1. The first-order valence-corrected chi connectivity index (χ1v) is 11.5. The Labute approximate surface area is 192 Å². The van der Waals surface area contributed by atoms with Crippen molar-refractivity contribution < 1.29 is 13.9 Å². The van der Waals surface area contributed by atoms with Gasteiger partial charge in [0.2, 0.25) is 5.95 Å². The smallest absolute Gasteiger partial charge is 0.254 e. The van der Waals surface area contributed by atoms with Gasteiger partial charge in [-0.2, -0.15) is 0 Å². The molecule has 1 amide bonds. The number of morpholine rings is 1. The molecule has 2 N–H and O–H groups in total. The number of anilines is 1. The summed E-state index contributed by atoms with van der Waals surface area (Å²) in [6, 6.07) is 9.12. The van der Waals surface area contributed by atoms with E-state index in [1.54, 1.807) is 12.3 Å². The van der Waals surface area contributed by atoms with E-state index in [9.17, 15) is 9.18 Å². The number of aryl methyl sites for hydroxylation is 1. The maximum atomic E-state index is 14.5. The number of halogens is 1. The highest BCUT2D eigenvalue weighted by atomic mass is 19.1. The molecule has 3 aromatic rings. The Morgan fingerprint density at radius 3 is 2.82 bits per heavy atom. The molecule has 8 heteroatoms. The van der Waals surface area contributed by atoms with Crippen LogP contribution < -0.4 is 10.6 Å². The molecule has 2 aliphatic rings. The maximum absolute atomic E-state index is 14.5. The summed E-state index contributed by atoms with van der Waals surface area (Å²) in [5.41, 5.74) is 3.41. The molecule has 1 aliphatic carbocycles. The zero-order valence-electron chi connectivity index (χ0n) is 18.7. The average molecular weight is 450 g/mol. The van der Waals surface area contributed by atoms with Crippen molar-refractivity contribution in [3.05, 3.63) is 53.5 Å². The number of hydrogen-bond acceptors (Lipinski definition) is 6. The molecule has 1 aromatic heterocycles. The van der Waals surface area contributed by atoms with Gasteiger partial charge >= 0.3 is 0 Å². The first-order valence-electron chi connectivity index (χ1n) is 11.5. The second kappa shape index (κ2) is 9.41. The van der Waals surface area contributed by atoms with Crippen LogP contribution in [0.4, 0.5) is 10.3 Å². The number of carbonyl (C=O) groups excluding carboxylic acids is 1. The molecule has 1 aliphatic heterocycles. The quantitative estimate of drug-likeness (QED) is 0.576. The highest BCUT2D eigenvalue weighted by Gasteiger charge is 2.25. The number of amides is 1. The number of hydrogen-bond donors (Lipinski definition) is 2. The van der Waals surface area contributed by atoms with Gasteiger partial charge in [-0.15, -0.1) is 0 Å². The van der Waals surface area contributed by atoms with Crippen molar-refractivity contribution in [1.29, 1.82) is 0 Å². The Balaban J connectivity index is 1.32. The molecule has 1 saturated carbocycles. The summed E-state index contributed by atoms with van der Waals surface area (Å²) in [5.74, 6) is -0.250. The Morgan fingerprint density at radius 2 is 2.03 bits per heavy atom. The van der Waals surface area contributed by atoms with Gasteiger partial charge in [0, 0.05) is 43.8 Å². The van der Waals surface area contributed by atoms with Gasteiger partial charge in [0.05, 0.1) is 24.3 Å². The van der Waals surface area contributed by atoms with Crippen molar-refractivity contribution in [2.75, 3.05) is 44.7 Å². The minimum atomic E-state index is -0.494. The van der Waals surface area contributed by atoms with Gasteiger partial charge < -0.3 is 15.4 Å². The number of rotatable bonds is 7. The zero-order valence-corrected chi connectivity index (χ0v) is 18.7. The molecule has 172 valence electrons.